The van der Waals surface area contributed by atoms with Crippen molar-refractivity contribution in [3.63, 3.8) is 0 Å². The second-order valence-electron chi connectivity index (χ2n) is 7.78. The SMILES string of the molecule is CC1C(N(C)C(=O)OC(C)(C)C)CCCN1C(=O)OCc1ccccc1. The van der Waals surface area contributed by atoms with Gasteiger partial charge in [-0.25, -0.2) is 9.59 Å². The van der Waals surface area contributed by atoms with Crippen LogP contribution in [0.25, 0.3) is 0 Å². The second-order valence-corrected chi connectivity index (χ2v) is 7.78. The molecule has 2 rings (SSSR count). The van der Waals surface area contributed by atoms with Crippen molar-refractivity contribution in [3.8, 4) is 0 Å². The van der Waals surface area contributed by atoms with Crippen LogP contribution in [0.5, 0.6) is 0 Å². The molecule has 1 aromatic rings. The molecule has 0 aliphatic carbocycles. The molecule has 1 aliphatic heterocycles. The van der Waals surface area contributed by atoms with Crippen molar-refractivity contribution < 1.29 is 19.1 Å². The Kier molecular flexibility index (Phi) is 6.51. The number of carbonyl (C=O) groups excluding carboxylic acids is 2. The van der Waals surface area contributed by atoms with E-state index in [-0.39, 0.29) is 30.9 Å². The van der Waals surface area contributed by atoms with Crippen LogP contribution < -0.4 is 0 Å². The maximum atomic E-state index is 12.5. The lowest BCUT2D eigenvalue weighted by Crippen LogP contribution is -2.56. The van der Waals surface area contributed by atoms with Crippen molar-refractivity contribution in [2.45, 2.75) is 64.8 Å². The lowest BCUT2D eigenvalue weighted by molar-refractivity contribution is -0.0000129. The van der Waals surface area contributed by atoms with E-state index < -0.39 is 5.60 Å². The van der Waals surface area contributed by atoms with E-state index in [1.54, 1.807) is 16.8 Å². The van der Waals surface area contributed by atoms with Gasteiger partial charge in [0, 0.05) is 13.6 Å². The van der Waals surface area contributed by atoms with Crippen LogP contribution in [0.2, 0.25) is 0 Å². The number of hydrogen-bond donors (Lipinski definition) is 0. The van der Waals surface area contributed by atoms with Gasteiger partial charge >= 0.3 is 12.2 Å². The number of rotatable bonds is 3. The molecule has 2 atom stereocenters. The first-order valence-corrected chi connectivity index (χ1v) is 9.12. The number of ether oxygens (including phenoxy) is 2. The minimum atomic E-state index is -0.544. The molecule has 1 aromatic carbocycles. The van der Waals surface area contributed by atoms with E-state index in [1.165, 1.54) is 0 Å². The molecule has 0 spiro atoms. The number of hydrogen-bond acceptors (Lipinski definition) is 4. The molecule has 0 aromatic heterocycles. The number of amides is 2. The zero-order valence-electron chi connectivity index (χ0n) is 16.4. The van der Waals surface area contributed by atoms with Gasteiger partial charge in [-0.1, -0.05) is 30.3 Å². The zero-order valence-corrected chi connectivity index (χ0v) is 16.4. The summed E-state index contributed by atoms with van der Waals surface area (Å²) in [5.41, 5.74) is 0.408. The highest BCUT2D eigenvalue weighted by atomic mass is 16.6. The van der Waals surface area contributed by atoms with Crippen LogP contribution in [0.15, 0.2) is 30.3 Å². The molecular weight excluding hydrogens is 332 g/mol. The van der Waals surface area contributed by atoms with E-state index in [0.29, 0.717) is 6.54 Å². The van der Waals surface area contributed by atoms with E-state index in [9.17, 15) is 9.59 Å². The normalized spacial score (nSPS) is 20.4. The van der Waals surface area contributed by atoms with Crippen LogP contribution in [0.1, 0.15) is 46.1 Å². The Morgan fingerprint density at radius 2 is 1.88 bits per heavy atom. The first-order valence-electron chi connectivity index (χ1n) is 9.12. The largest absolute Gasteiger partial charge is 0.445 e. The predicted molar refractivity (Wildman–Crippen MR) is 99.8 cm³/mol. The number of benzene rings is 1. The van der Waals surface area contributed by atoms with Gasteiger partial charge in [-0.05, 0) is 46.1 Å². The molecule has 6 nitrogen and oxygen atoms in total. The summed E-state index contributed by atoms with van der Waals surface area (Å²) >= 11 is 0. The smallest absolute Gasteiger partial charge is 0.410 e. The zero-order chi connectivity index (χ0) is 19.3. The van der Waals surface area contributed by atoms with Crippen LogP contribution in [0.4, 0.5) is 9.59 Å². The second kappa shape index (κ2) is 8.43. The maximum Gasteiger partial charge on any atom is 0.410 e. The predicted octanol–water partition coefficient (Wildman–Crippen LogP) is 4.04. The monoisotopic (exact) mass is 362 g/mol. The van der Waals surface area contributed by atoms with Gasteiger partial charge in [0.2, 0.25) is 0 Å². The maximum absolute atomic E-state index is 12.5. The van der Waals surface area contributed by atoms with Gasteiger partial charge in [0.1, 0.15) is 12.2 Å². The Labute approximate surface area is 156 Å². The third-order valence-electron chi connectivity index (χ3n) is 4.57. The summed E-state index contributed by atoms with van der Waals surface area (Å²) in [4.78, 5) is 28.2. The molecule has 0 N–H and O–H groups in total. The Morgan fingerprint density at radius 1 is 1.23 bits per heavy atom. The fraction of sp³-hybridized carbons (Fsp3) is 0.600. The van der Waals surface area contributed by atoms with E-state index in [4.69, 9.17) is 9.47 Å². The molecule has 1 heterocycles. The quantitative estimate of drug-likeness (QED) is 0.814. The highest BCUT2D eigenvalue weighted by Gasteiger charge is 2.37. The molecule has 26 heavy (non-hydrogen) atoms. The number of nitrogens with zero attached hydrogens (tertiary/aromatic N) is 2. The fourth-order valence-corrected chi connectivity index (χ4v) is 3.17. The van der Waals surface area contributed by atoms with Crippen LogP contribution in [0, 0.1) is 0 Å². The average molecular weight is 362 g/mol. The number of likely N-dealkylation sites (N-methyl/N-ethyl adjacent to an activating group) is 1. The van der Waals surface area contributed by atoms with Gasteiger partial charge in [-0.2, -0.15) is 0 Å². The highest BCUT2D eigenvalue weighted by Crippen LogP contribution is 2.24. The molecular formula is C20H30N2O4. The van der Waals surface area contributed by atoms with Gasteiger partial charge in [0.05, 0.1) is 12.1 Å². The van der Waals surface area contributed by atoms with Crippen molar-refractivity contribution in [1.82, 2.24) is 9.80 Å². The highest BCUT2D eigenvalue weighted by molar-refractivity contribution is 5.70. The first-order chi connectivity index (χ1) is 12.2. The molecule has 1 aliphatic rings. The van der Waals surface area contributed by atoms with Crippen molar-refractivity contribution >= 4 is 12.2 Å². The van der Waals surface area contributed by atoms with Gasteiger partial charge in [-0.15, -0.1) is 0 Å². The molecule has 0 saturated carbocycles. The summed E-state index contributed by atoms with van der Waals surface area (Å²) in [5, 5.41) is 0. The lowest BCUT2D eigenvalue weighted by Gasteiger charge is -2.42. The van der Waals surface area contributed by atoms with Gasteiger partial charge in [0.15, 0.2) is 0 Å². The van der Waals surface area contributed by atoms with E-state index >= 15 is 0 Å². The third-order valence-corrected chi connectivity index (χ3v) is 4.57. The summed E-state index contributed by atoms with van der Waals surface area (Å²) in [5.74, 6) is 0. The van der Waals surface area contributed by atoms with E-state index in [0.717, 1.165) is 18.4 Å². The van der Waals surface area contributed by atoms with Crippen LogP contribution >= 0.6 is 0 Å². The molecule has 1 fully saturated rings. The standard InChI is InChI=1S/C20H30N2O4/c1-15-17(21(5)18(23)26-20(2,3)4)12-9-13-22(15)19(24)25-14-16-10-7-6-8-11-16/h6-8,10-11,15,17H,9,12-14H2,1-5H3. The Bertz CT molecular complexity index is 612. The Morgan fingerprint density at radius 3 is 2.50 bits per heavy atom. The molecule has 0 bridgehead atoms. The minimum absolute atomic E-state index is 0.0946. The number of piperidine rings is 1. The average Bonchev–Trinajstić information content (AvgIpc) is 2.58. The van der Waals surface area contributed by atoms with Crippen LogP contribution in [-0.4, -0.2) is 53.3 Å². The Balaban J connectivity index is 1.96. The van der Waals surface area contributed by atoms with Crippen molar-refractivity contribution in [2.75, 3.05) is 13.6 Å². The molecule has 0 radical (unpaired) electrons. The molecule has 144 valence electrons. The summed E-state index contributed by atoms with van der Waals surface area (Å²) in [6.07, 6.45) is 0.944. The van der Waals surface area contributed by atoms with Crippen molar-refractivity contribution in [1.29, 1.82) is 0 Å². The third kappa shape index (κ3) is 5.38. The van der Waals surface area contributed by atoms with Crippen molar-refractivity contribution in [2.24, 2.45) is 0 Å². The van der Waals surface area contributed by atoms with Gasteiger partial charge < -0.3 is 19.3 Å². The van der Waals surface area contributed by atoms with Gasteiger partial charge in [0.25, 0.3) is 0 Å². The van der Waals surface area contributed by atoms with Crippen LogP contribution in [0.3, 0.4) is 0 Å². The molecule has 1 saturated heterocycles. The molecule has 6 heteroatoms. The molecule has 2 amide bonds. The van der Waals surface area contributed by atoms with Gasteiger partial charge in [-0.3, -0.25) is 0 Å². The van der Waals surface area contributed by atoms with Crippen LogP contribution in [-0.2, 0) is 16.1 Å². The van der Waals surface area contributed by atoms with E-state index in [2.05, 4.69) is 0 Å². The fourth-order valence-electron chi connectivity index (χ4n) is 3.17. The van der Waals surface area contributed by atoms with Crippen molar-refractivity contribution in [3.05, 3.63) is 35.9 Å². The summed E-state index contributed by atoms with van der Waals surface area (Å²) < 4.78 is 10.9. The van der Waals surface area contributed by atoms with E-state index in [1.807, 2.05) is 58.0 Å². The first kappa shape index (κ1) is 20.1. The summed E-state index contributed by atoms with van der Waals surface area (Å²) in [7, 11) is 1.73. The molecule has 2 unspecified atom stereocenters. The summed E-state index contributed by atoms with van der Waals surface area (Å²) in [6, 6.07) is 9.37. The lowest BCUT2D eigenvalue weighted by atomic mass is 9.97. The minimum Gasteiger partial charge on any atom is -0.445 e. The summed E-state index contributed by atoms with van der Waals surface area (Å²) in [6.45, 7) is 8.36. The Hall–Kier alpha value is -2.24. The topological polar surface area (TPSA) is 59.1 Å². The number of carbonyl (C=O) groups is 2. The number of likely N-dealkylation sites (tertiary alicyclic amines) is 1.